The van der Waals surface area contributed by atoms with E-state index < -0.39 is 17.5 Å². The minimum atomic E-state index is -2.34. The lowest BCUT2D eigenvalue weighted by molar-refractivity contribution is 0.131. The average molecular weight is 378 g/mol. The van der Waals surface area contributed by atoms with Crippen molar-refractivity contribution in [2.75, 3.05) is 7.05 Å². The predicted octanol–water partition coefficient (Wildman–Crippen LogP) is 3.87. The Balaban J connectivity index is 2.08. The number of nitrogens with zero attached hydrogens (tertiary/aromatic N) is 2. The van der Waals surface area contributed by atoms with Crippen molar-refractivity contribution in [2.45, 2.75) is 12.7 Å². The zero-order valence-corrected chi connectivity index (χ0v) is 15.2. The van der Waals surface area contributed by atoms with Gasteiger partial charge in [0.15, 0.2) is 5.83 Å². The maximum Gasteiger partial charge on any atom is 0.249 e. The molecular formula is C21H16F2N4O. The molecule has 1 aliphatic heterocycles. The van der Waals surface area contributed by atoms with Crippen LogP contribution in [-0.2, 0) is 5.79 Å². The van der Waals surface area contributed by atoms with Gasteiger partial charge in [0.2, 0.25) is 11.7 Å². The number of benzene rings is 2. The van der Waals surface area contributed by atoms with Gasteiger partial charge in [0.1, 0.15) is 5.75 Å². The van der Waals surface area contributed by atoms with Crippen LogP contribution in [0.1, 0.15) is 23.6 Å². The SMILES string of the molecule is CNC1=C(C)C(F)=C(Oc2cccc(C#N)c2)NC1(F)c1cccc(C#N)c1. The van der Waals surface area contributed by atoms with Gasteiger partial charge in [0, 0.05) is 18.2 Å². The Hall–Kier alpha value is -3.84. The summed E-state index contributed by atoms with van der Waals surface area (Å²) in [6, 6.07) is 16.0. The molecule has 1 unspecified atom stereocenters. The monoisotopic (exact) mass is 378 g/mol. The van der Waals surface area contributed by atoms with Crippen LogP contribution in [0.4, 0.5) is 8.78 Å². The Morgan fingerprint density at radius 2 is 1.71 bits per heavy atom. The second-order valence-corrected chi connectivity index (χ2v) is 6.11. The van der Waals surface area contributed by atoms with Crippen LogP contribution in [0.25, 0.3) is 0 Å². The zero-order chi connectivity index (χ0) is 20.3. The zero-order valence-electron chi connectivity index (χ0n) is 15.2. The molecule has 2 aromatic rings. The molecule has 0 bridgehead atoms. The van der Waals surface area contributed by atoms with E-state index in [1.54, 1.807) is 24.3 Å². The molecule has 0 aliphatic carbocycles. The number of hydrogen-bond acceptors (Lipinski definition) is 5. The Labute approximate surface area is 161 Å². The molecular weight excluding hydrogens is 362 g/mol. The molecule has 0 radical (unpaired) electrons. The number of halogens is 2. The van der Waals surface area contributed by atoms with E-state index in [0.29, 0.717) is 5.56 Å². The van der Waals surface area contributed by atoms with E-state index in [4.69, 9.17) is 15.3 Å². The Kier molecular flexibility index (Phi) is 5.02. The molecule has 3 rings (SSSR count). The highest BCUT2D eigenvalue weighted by atomic mass is 19.1. The fourth-order valence-electron chi connectivity index (χ4n) is 3.01. The van der Waals surface area contributed by atoms with E-state index in [-0.39, 0.29) is 28.1 Å². The van der Waals surface area contributed by atoms with Crippen LogP contribution in [0.5, 0.6) is 5.75 Å². The van der Waals surface area contributed by atoms with Crippen molar-refractivity contribution >= 4 is 0 Å². The molecule has 0 spiro atoms. The first-order chi connectivity index (χ1) is 13.4. The molecule has 2 aromatic carbocycles. The van der Waals surface area contributed by atoms with Crippen LogP contribution < -0.4 is 15.4 Å². The van der Waals surface area contributed by atoms with Crippen LogP contribution in [0.15, 0.2) is 71.5 Å². The van der Waals surface area contributed by atoms with E-state index in [2.05, 4.69) is 10.6 Å². The van der Waals surface area contributed by atoms with Gasteiger partial charge in [-0.25, -0.2) is 8.78 Å². The lowest BCUT2D eigenvalue weighted by Gasteiger charge is -2.35. The first-order valence-electron chi connectivity index (χ1n) is 8.38. The molecule has 5 nitrogen and oxygen atoms in total. The highest BCUT2D eigenvalue weighted by Crippen LogP contribution is 2.39. The van der Waals surface area contributed by atoms with Crippen LogP contribution in [-0.4, -0.2) is 7.05 Å². The van der Waals surface area contributed by atoms with Gasteiger partial charge in [0.05, 0.1) is 29.0 Å². The number of likely N-dealkylation sites (N-methyl/N-ethyl adjacent to an activating group) is 1. The number of dihydropyridines is 1. The van der Waals surface area contributed by atoms with Gasteiger partial charge in [-0.2, -0.15) is 10.5 Å². The van der Waals surface area contributed by atoms with Crippen molar-refractivity contribution < 1.29 is 13.5 Å². The second kappa shape index (κ2) is 7.42. The maximum absolute atomic E-state index is 16.1. The third-order valence-electron chi connectivity index (χ3n) is 4.36. The van der Waals surface area contributed by atoms with Crippen molar-refractivity contribution in [2.24, 2.45) is 0 Å². The third-order valence-corrected chi connectivity index (χ3v) is 4.36. The summed E-state index contributed by atoms with van der Waals surface area (Å²) in [6.07, 6.45) is 0. The van der Waals surface area contributed by atoms with E-state index in [1.165, 1.54) is 38.2 Å². The largest absolute Gasteiger partial charge is 0.438 e. The third kappa shape index (κ3) is 3.26. The molecule has 0 amide bonds. The molecule has 28 heavy (non-hydrogen) atoms. The summed E-state index contributed by atoms with van der Waals surface area (Å²) in [7, 11) is 1.48. The van der Waals surface area contributed by atoms with Crippen molar-refractivity contribution in [3.05, 3.63) is 88.2 Å². The fraction of sp³-hybridized carbons (Fsp3) is 0.143. The predicted molar refractivity (Wildman–Crippen MR) is 98.8 cm³/mol. The molecule has 140 valence electrons. The standard InChI is InChI=1S/C21H16F2N4O/c1-13-18(22)20(28-17-8-4-6-15(10-17)12-25)27-21(23,19(13)26-2)16-7-3-5-14(9-16)11-24/h3-10,26-27H,1-2H3. The number of ether oxygens (including phenoxy) is 1. The quantitative estimate of drug-likeness (QED) is 0.790. The summed E-state index contributed by atoms with van der Waals surface area (Å²) >= 11 is 0. The molecule has 0 aromatic heterocycles. The Morgan fingerprint density at radius 3 is 2.36 bits per heavy atom. The number of rotatable bonds is 4. The molecule has 2 N–H and O–H groups in total. The van der Waals surface area contributed by atoms with Crippen molar-refractivity contribution in [1.82, 2.24) is 10.6 Å². The molecule has 0 fully saturated rings. The van der Waals surface area contributed by atoms with E-state index in [9.17, 15) is 4.39 Å². The van der Waals surface area contributed by atoms with Crippen LogP contribution in [0, 0.1) is 22.7 Å². The molecule has 7 heteroatoms. The number of nitrogens with one attached hydrogen (secondary N) is 2. The number of allylic oxidation sites excluding steroid dienone is 2. The van der Waals surface area contributed by atoms with Crippen molar-refractivity contribution in [3.8, 4) is 17.9 Å². The van der Waals surface area contributed by atoms with Crippen molar-refractivity contribution in [1.29, 1.82) is 10.5 Å². The van der Waals surface area contributed by atoms with Crippen LogP contribution >= 0.6 is 0 Å². The first kappa shape index (κ1) is 18.9. The first-order valence-corrected chi connectivity index (χ1v) is 8.38. The minimum Gasteiger partial charge on any atom is -0.438 e. The van der Waals surface area contributed by atoms with Gasteiger partial charge >= 0.3 is 0 Å². The summed E-state index contributed by atoms with van der Waals surface area (Å²) in [5.41, 5.74) is 0.708. The molecule has 1 heterocycles. The molecule has 0 saturated carbocycles. The van der Waals surface area contributed by atoms with E-state index >= 15 is 4.39 Å². The van der Waals surface area contributed by atoms with Gasteiger partial charge in [-0.3, -0.25) is 0 Å². The van der Waals surface area contributed by atoms with E-state index in [1.807, 2.05) is 12.1 Å². The molecule has 1 aliphatic rings. The van der Waals surface area contributed by atoms with Gasteiger partial charge in [0.25, 0.3) is 0 Å². The second-order valence-electron chi connectivity index (χ2n) is 6.11. The fourth-order valence-corrected chi connectivity index (χ4v) is 3.01. The Bertz CT molecular complexity index is 1080. The maximum atomic E-state index is 16.1. The summed E-state index contributed by atoms with van der Waals surface area (Å²) in [4.78, 5) is 0. The van der Waals surface area contributed by atoms with Crippen molar-refractivity contribution in [3.63, 3.8) is 0 Å². The summed E-state index contributed by atoms with van der Waals surface area (Å²) in [6.45, 7) is 1.43. The lowest BCUT2D eigenvalue weighted by atomic mass is 9.93. The number of hydrogen-bond donors (Lipinski definition) is 2. The normalized spacial score (nSPS) is 18.8. The molecule has 1 atom stereocenters. The minimum absolute atomic E-state index is 0.0255. The highest BCUT2D eigenvalue weighted by Gasteiger charge is 2.44. The van der Waals surface area contributed by atoms with Crippen LogP contribution in [0.3, 0.4) is 0 Å². The summed E-state index contributed by atoms with van der Waals surface area (Å²) in [5.74, 6) is -3.35. The van der Waals surface area contributed by atoms with Gasteiger partial charge in [-0.05, 0) is 37.3 Å². The topological polar surface area (TPSA) is 80.9 Å². The van der Waals surface area contributed by atoms with Gasteiger partial charge < -0.3 is 15.4 Å². The summed E-state index contributed by atoms with van der Waals surface area (Å²) in [5, 5.41) is 23.3. The smallest absolute Gasteiger partial charge is 0.249 e. The molecule has 0 saturated heterocycles. The highest BCUT2D eigenvalue weighted by molar-refractivity contribution is 5.47. The number of nitriles is 2. The van der Waals surface area contributed by atoms with E-state index in [0.717, 1.165) is 0 Å². The lowest BCUT2D eigenvalue weighted by Crippen LogP contribution is -2.47. The van der Waals surface area contributed by atoms with Gasteiger partial charge in [-0.15, -0.1) is 0 Å². The average Bonchev–Trinajstić information content (AvgIpc) is 2.72. The van der Waals surface area contributed by atoms with Crippen LogP contribution in [0.2, 0.25) is 0 Å². The Morgan fingerprint density at radius 1 is 1.07 bits per heavy atom. The van der Waals surface area contributed by atoms with Gasteiger partial charge in [-0.1, -0.05) is 18.2 Å². The number of alkyl halides is 1. The summed E-state index contributed by atoms with van der Waals surface area (Å²) < 4.78 is 36.5.